The van der Waals surface area contributed by atoms with E-state index in [1.165, 1.54) is 0 Å². The number of hydrogen-bond donors (Lipinski definition) is 4. The number of morpholine rings is 1. The minimum atomic E-state index is -0.197. The summed E-state index contributed by atoms with van der Waals surface area (Å²) in [6.07, 6.45) is 3.73. The molecule has 13 nitrogen and oxygen atoms in total. The van der Waals surface area contributed by atoms with Gasteiger partial charge in [0.2, 0.25) is 0 Å². The Bertz CT molecular complexity index is 3710. The highest BCUT2D eigenvalue weighted by Gasteiger charge is 2.31. The quantitative estimate of drug-likeness (QED) is 0.105. The fraction of sp³-hybridized carbons (Fsp3) is 0.217. The maximum atomic E-state index is 13.6. The number of thiophene rings is 1. The molecule has 0 saturated carbocycles. The van der Waals surface area contributed by atoms with Crippen molar-refractivity contribution in [2.75, 3.05) is 70.2 Å². The van der Waals surface area contributed by atoms with E-state index in [4.69, 9.17) is 9.72 Å². The number of aryl methyl sites for hydroxylation is 2. The molecule has 2 fully saturated rings. The van der Waals surface area contributed by atoms with E-state index in [0.29, 0.717) is 61.7 Å². The summed E-state index contributed by atoms with van der Waals surface area (Å²) in [7, 11) is 2.07. The van der Waals surface area contributed by atoms with Gasteiger partial charge in [-0.25, -0.2) is 4.98 Å². The van der Waals surface area contributed by atoms with Crippen molar-refractivity contribution in [1.29, 1.82) is 0 Å². The number of aromatic amines is 2. The molecular formula is C60H54N8O5S2. The largest absolute Gasteiger partial charge is 0.378 e. The Morgan fingerprint density at radius 1 is 0.600 bits per heavy atom. The van der Waals surface area contributed by atoms with Gasteiger partial charge < -0.3 is 40.0 Å². The highest BCUT2D eigenvalue weighted by atomic mass is 32.1. The number of amides is 4. The van der Waals surface area contributed by atoms with Crippen LogP contribution >= 0.6 is 22.7 Å². The normalized spacial score (nSPS) is 16.7. The molecule has 2 saturated heterocycles. The summed E-state index contributed by atoms with van der Waals surface area (Å²) in [6.45, 7) is 13.0. The summed E-state index contributed by atoms with van der Waals surface area (Å²) in [5.74, 6) is -0.371. The molecule has 0 spiro atoms. The number of thiazole rings is 1. The van der Waals surface area contributed by atoms with Crippen molar-refractivity contribution in [2.24, 2.45) is 0 Å². The zero-order valence-corrected chi connectivity index (χ0v) is 43.9. The van der Waals surface area contributed by atoms with Crippen molar-refractivity contribution < 1.29 is 23.9 Å². The lowest BCUT2D eigenvalue weighted by atomic mass is 10.0. The number of aromatic nitrogens is 3. The predicted octanol–water partition coefficient (Wildman–Crippen LogP) is 11.3. The second kappa shape index (κ2) is 19.4. The number of H-pyrrole nitrogens is 2. The van der Waals surface area contributed by atoms with Crippen LogP contribution in [0.1, 0.15) is 65.7 Å². The Labute approximate surface area is 442 Å². The summed E-state index contributed by atoms with van der Waals surface area (Å²) in [4.78, 5) is 74.2. The van der Waals surface area contributed by atoms with Gasteiger partial charge in [-0.2, -0.15) is 0 Å². The molecule has 0 aliphatic carbocycles. The van der Waals surface area contributed by atoms with E-state index in [9.17, 15) is 19.2 Å². The van der Waals surface area contributed by atoms with Crippen LogP contribution in [0.5, 0.6) is 0 Å². The van der Waals surface area contributed by atoms with E-state index >= 15 is 0 Å². The molecule has 0 radical (unpaired) electrons. The Hall–Kier alpha value is -7.95. The molecule has 8 heterocycles. The number of carbonyl (C=O) groups is 4. The van der Waals surface area contributed by atoms with Gasteiger partial charge in [0.05, 0.1) is 46.9 Å². The van der Waals surface area contributed by atoms with Crippen LogP contribution in [0.25, 0.3) is 77.1 Å². The van der Waals surface area contributed by atoms with Crippen molar-refractivity contribution in [3.63, 3.8) is 0 Å². The fourth-order valence-electron chi connectivity index (χ4n) is 10.8. The lowest BCUT2D eigenvalue weighted by molar-refractivity contribution is -0.111. The first-order chi connectivity index (χ1) is 36.4. The minimum absolute atomic E-state index is 0.0202. The zero-order chi connectivity index (χ0) is 51.6. The molecule has 15 heteroatoms. The Morgan fingerprint density at radius 3 is 1.87 bits per heavy atom. The van der Waals surface area contributed by atoms with Gasteiger partial charge >= 0.3 is 0 Å². The fourth-order valence-corrected chi connectivity index (χ4v) is 12.6. The summed E-state index contributed by atoms with van der Waals surface area (Å²) < 4.78 is 5.46. The molecule has 4 N–H and O–H groups in total. The molecule has 0 atom stereocenters. The van der Waals surface area contributed by atoms with Gasteiger partial charge in [-0.1, -0.05) is 66.7 Å². The van der Waals surface area contributed by atoms with Gasteiger partial charge in [-0.3, -0.25) is 19.2 Å². The number of carbonyl (C=O) groups excluding carboxylic acids is 4. The van der Waals surface area contributed by atoms with Crippen molar-refractivity contribution in [3.8, 4) is 53.8 Å². The number of rotatable bonds is 9. The first-order valence-corrected chi connectivity index (χ1v) is 26.9. The van der Waals surface area contributed by atoms with Crippen LogP contribution in [0.3, 0.4) is 0 Å². The summed E-state index contributed by atoms with van der Waals surface area (Å²) in [5, 5.41) is 9.07. The molecule has 0 unspecified atom stereocenters. The second-order valence-electron chi connectivity index (χ2n) is 19.7. The molecule has 4 aliphatic heterocycles. The lowest BCUT2D eigenvalue weighted by Crippen LogP contribution is -2.47. The topological polar surface area (TPSA) is 156 Å². The molecule has 4 amide bonds. The number of nitrogens with zero attached hydrogens (tertiary/aromatic N) is 4. The van der Waals surface area contributed by atoms with Gasteiger partial charge in [0.1, 0.15) is 5.01 Å². The third kappa shape index (κ3) is 8.84. The highest BCUT2D eigenvalue weighted by molar-refractivity contribution is 7.18. The third-order valence-electron chi connectivity index (χ3n) is 15.0. The molecule has 376 valence electrons. The van der Waals surface area contributed by atoms with Crippen molar-refractivity contribution in [2.45, 2.75) is 27.7 Å². The van der Waals surface area contributed by atoms with Crippen LogP contribution < -0.4 is 10.6 Å². The number of hydrogen-bond acceptors (Lipinski definition) is 9. The molecule has 4 aromatic heterocycles. The lowest BCUT2D eigenvalue weighted by Gasteiger charge is -2.32. The predicted molar refractivity (Wildman–Crippen MR) is 301 cm³/mol. The Kier molecular flexibility index (Phi) is 12.4. The molecule has 75 heavy (non-hydrogen) atoms. The molecule has 4 aromatic carbocycles. The minimum Gasteiger partial charge on any atom is -0.378 e. The SMILES string of the molecule is Cc1[nH]c(C=C2C(=O)Nc3ccc(-c4ccc(-c5ccc(-c6cccc(-c7nc(-c8cccc9c8NC(=O)C9=Cc8[nH]c(C)c(C(=O)N9CCN(C)CC9)c8C)cs7)c6)cc5)s4)cc32)c(C)c1C(=O)N1CCOCC1. The highest BCUT2D eigenvalue weighted by Crippen LogP contribution is 2.44. The average Bonchev–Trinajstić information content (AvgIpc) is 4.30. The number of piperazine rings is 1. The third-order valence-corrected chi connectivity index (χ3v) is 17.0. The maximum Gasteiger partial charge on any atom is 0.256 e. The van der Waals surface area contributed by atoms with Crippen LogP contribution in [0.15, 0.2) is 102 Å². The van der Waals surface area contributed by atoms with Crippen LogP contribution in [-0.2, 0) is 14.3 Å². The van der Waals surface area contributed by atoms with E-state index < -0.39 is 0 Å². The Balaban J connectivity index is 0.747. The van der Waals surface area contributed by atoms with Crippen LogP contribution in [-0.4, -0.2) is 113 Å². The molecular weight excluding hydrogens is 977 g/mol. The molecule has 4 aliphatic rings. The van der Waals surface area contributed by atoms with Gasteiger partial charge in [-0.15, -0.1) is 22.7 Å². The van der Waals surface area contributed by atoms with Gasteiger partial charge in [0.25, 0.3) is 23.6 Å². The van der Waals surface area contributed by atoms with Gasteiger partial charge in [-0.05, 0) is 111 Å². The number of nitrogens with one attached hydrogen (secondary N) is 4. The number of fused-ring (bicyclic) bond motifs is 2. The first-order valence-electron chi connectivity index (χ1n) is 25.2. The molecule has 0 bridgehead atoms. The zero-order valence-electron chi connectivity index (χ0n) is 42.3. The average molecular weight is 1030 g/mol. The van der Waals surface area contributed by atoms with Crippen LogP contribution in [0.2, 0.25) is 0 Å². The number of benzene rings is 4. The number of likely N-dealkylation sites (N-methyl/N-ethyl adjacent to an activating group) is 1. The van der Waals surface area contributed by atoms with Crippen LogP contribution in [0.4, 0.5) is 11.4 Å². The number of anilines is 2. The second-order valence-corrected chi connectivity index (χ2v) is 21.6. The smallest absolute Gasteiger partial charge is 0.256 e. The van der Waals surface area contributed by atoms with Crippen LogP contribution in [0, 0.1) is 27.7 Å². The summed E-state index contributed by atoms with van der Waals surface area (Å²) in [5.41, 5.74) is 17.1. The summed E-state index contributed by atoms with van der Waals surface area (Å²) >= 11 is 3.27. The number of para-hydroxylation sites is 1. The van der Waals surface area contributed by atoms with E-state index in [1.54, 1.807) is 22.7 Å². The molecule has 12 rings (SSSR count). The number of ether oxygens (including phenoxy) is 1. The van der Waals surface area contributed by atoms with E-state index in [2.05, 4.69) is 99.3 Å². The summed E-state index contributed by atoms with van der Waals surface area (Å²) in [6, 6.07) is 33.3. The molecule has 8 aromatic rings. The van der Waals surface area contributed by atoms with E-state index in [-0.39, 0.29) is 23.6 Å². The van der Waals surface area contributed by atoms with Gasteiger partial charge in [0.15, 0.2) is 0 Å². The standard InChI is InChI=1S/C60H54N8O5S2/c1-33-48(61-35(3)53(33)59(71)67-22-20-66(5)21-23-67)30-45-42-10-7-11-43(55(42)65-57(45)70)50-32-74-58(64-50)41-9-6-8-39(28-41)37-12-14-38(15-13-37)51-18-19-52(75-51)40-16-17-47-44(29-40)46(56(69)63-47)31-49-34(2)54(36(4)62-49)60(72)68-24-26-73-27-25-68/h6-19,28-32,61-62H,20-27H2,1-5H3,(H,63,69)(H,65,70). The first kappa shape index (κ1) is 48.0. The van der Waals surface area contributed by atoms with Crippen molar-refractivity contribution in [1.82, 2.24) is 29.7 Å². The maximum absolute atomic E-state index is 13.6. The van der Waals surface area contributed by atoms with Crippen molar-refractivity contribution >= 4 is 81.0 Å². The Morgan fingerprint density at radius 2 is 1.17 bits per heavy atom. The van der Waals surface area contributed by atoms with E-state index in [0.717, 1.165) is 123 Å². The monoisotopic (exact) mass is 1030 g/mol. The van der Waals surface area contributed by atoms with Crippen molar-refractivity contribution in [3.05, 3.63) is 159 Å². The van der Waals surface area contributed by atoms with E-state index in [1.807, 2.05) is 85.4 Å². The van der Waals surface area contributed by atoms with Gasteiger partial charge in [0, 0.05) is 105 Å².